The van der Waals surface area contributed by atoms with Crippen LogP contribution in [-0.2, 0) is 16.1 Å². The van der Waals surface area contributed by atoms with Crippen molar-refractivity contribution in [3.8, 4) is 0 Å². The zero-order valence-electron chi connectivity index (χ0n) is 13.5. The van der Waals surface area contributed by atoms with Gasteiger partial charge in [-0.2, -0.15) is 0 Å². The highest BCUT2D eigenvalue weighted by Gasteiger charge is 2.29. The van der Waals surface area contributed by atoms with E-state index in [4.69, 9.17) is 4.74 Å². The van der Waals surface area contributed by atoms with Crippen molar-refractivity contribution in [1.29, 1.82) is 0 Å². The third-order valence-corrected chi connectivity index (χ3v) is 4.26. The summed E-state index contributed by atoms with van der Waals surface area (Å²) in [5.74, 6) is -0.272. The van der Waals surface area contributed by atoms with Crippen LogP contribution in [0.5, 0.6) is 0 Å². The van der Waals surface area contributed by atoms with E-state index in [1.807, 2.05) is 24.3 Å². The molecule has 1 aromatic carbocycles. The van der Waals surface area contributed by atoms with E-state index >= 15 is 0 Å². The maximum Gasteiger partial charge on any atom is 0.339 e. The van der Waals surface area contributed by atoms with Gasteiger partial charge in [-0.25, -0.2) is 9.78 Å². The second kappa shape index (κ2) is 6.39. The number of H-pyrrole nitrogens is 1. The van der Waals surface area contributed by atoms with Gasteiger partial charge in [-0.15, -0.1) is 0 Å². The molecule has 1 saturated carbocycles. The average molecular weight is 335 g/mol. The van der Waals surface area contributed by atoms with Crippen molar-refractivity contribution in [2.75, 3.05) is 5.32 Å². The van der Waals surface area contributed by atoms with E-state index in [9.17, 15) is 9.59 Å². The molecule has 3 aromatic rings. The molecule has 4 rings (SSSR count). The normalized spacial score (nSPS) is 13.6. The van der Waals surface area contributed by atoms with Gasteiger partial charge in [0.1, 0.15) is 12.3 Å². The first-order valence-electron chi connectivity index (χ1n) is 8.20. The number of aromatic nitrogens is 2. The summed E-state index contributed by atoms with van der Waals surface area (Å²) < 4.78 is 5.46. The van der Waals surface area contributed by atoms with E-state index in [0.717, 1.165) is 23.8 Å². The maximum atomic E-state index is 12.4. The van der Waals surface area contributed by atoms with Gasteiger partial charge in [0.05, 0.1) is 5.56 Å². The maximum absolute atomic E-state index is 12.4. The third kappa shape index (κ3) is 3.24. The summed E-state index contributed by atoms with van der Waals surface area (Å²) >= 11 is 0. The van der Waals surface area contributed by atoms with Crippen LogP contribution in [0, 0.1) is 5.92 Å². The Kier molecular flexibility index (Phi) is 3.93. The van der Waals surface area contributed by atoms with Gasteiger partial charge in [0.2, 0.25) is 5.91 Å². The third-order valence-electron chi connectivity index (χ3n) is 4.26. The highest BCUT2D eigenvalue weighted by Crippen LogP contribution is 2.30. The number of rotatable bonds is 5. The topological polar surface area (TPSA) is 84.1 Å². The van der Waals surface area contributed by atoms with Crippen LogP contribution in [0.3, 0.4) is 0 Å². The van der Waals surface area contributed by atoms with Gasteiger partial charge in [-0.1, -0.05) is 18.2 Å². The predicted octanol–water partition coefficient (Wildman–Crippen LogP) is 3.27. The fourth-order valence-corrected chi connectivity index (χ4v) is 2.71. The molecule has 0 saturated heterocycles. The van der Waals surface area contributed by atoms with Crippen molar-refractivity contribution >= 4 is 28.6 Å². The Morgan fingerprint density at radius 3 is 2.88 bits per heavy atom. The fraction of sp³-hybridized carbons (Fsp3) is 0.211. The lowest BCUT2D eigenvalue weighted by molar-refractivity contribution is -0.117. The predicted molar refractivity (Wildman–Crippen MR) is 93.0 cm³/mol. The highest BCUT2D eigenvalue weighted by atomic mass is 16.5. The standard InChI is InChI=1S/C19H17N3O3/c23-18(12-5-6-12)22-16-4-2-1-3-13(16)11-25-19(24)15-8-10-21-17-14(15)7-9-20-17/h1-4,7-10,12H,5-6,11H2,(H,20,21)(H,22,23). The lowest BCUT2D eigenvalue weighted by atomic mass is 10.1. The number of hydrogen-bond acceptors (Lipinski definition) is 4. The molecule has 25 heavy (non-hydrogen) atoms. The summed E-state index contributed by atoms with van der Waals surface area (Å²) in [6.07, 6.45) is 5.19. The van der Waals surface area contributed by atoms with Gasteiger partial charge < -0.3 is 15.0 Å². The van der Waals surface area contributed by atoms with E-state index in [-0.39, 0.29) is 18.4 Å². The number of nitrogens with one attached hydrogen (secondary N) is 2. The Hall–Kier alpha value is -3.15. The van der Waals surface area contributed by atoms with Crippen molar-refractivity contribution in [3.05, 3.63) is 59.9 Å². The molecule has 2 N–H and O–H groups in total. The fourth-order valence-electron chi connectivity index (χ4n) is 2.71. The SMILES string of the molecule is O=C(OCc1ccccc1NC(=O)C1CC1)c1ccnc2[nH]ccc12. The molecule has 0 aliphatic heterocycles. The zero-order chi connectivity index (χ0) is 17.2. The molecule has 1 aliphatic rings. The molecule has 0 unspecified atom stereocenters. The number of benzene rings is 1. The first-order valence-corrected chi connectivity index (χ1v) is 8.20. The second-order valence-corrected chi connectivity index (χ2v) is 6.10. The highest BCUT2D eigenvalue weighted by molar-refractivity contribution is 6.02. The van der Waals surface area contributed by atoms with Crippen molar-refractivity contribution in [3.63, 3.8) is 0 Å². The monoisotopic (exact) mass is 335 g/mol. The molecule has 1 fully saturated rings. The number of carbonyl (C=O) groups is 2. The minimum Gasteiger partial charge on any atom is -0.457 e. The molecular formula is C19H17N3O3. The lowest BCUT2D eigenvalue weighted by Gasteiger charge is -2.11. The Bertz CT molecular complexity index is 944. The van der Waals surface area contributed by atoms with E-state index in [1.165, 1.54) is 0 Å². The summed E-state index contributed by atoms with van der Waals surface area (Å²) in [7, 11) is 0. The van der Waals surface area contributed by atoms with Crippen molar-refractivity contribution < 1.29 is 14.3 Å². The largest absolute Gasteiger partial charge is 0.457 e. The molecule has 0 spiro atoms. The quantitative estimate of drug-likeness (QED) is 0.701. The molecule has 2 heterocycles. The zero-order valence-corrected chi connectivity index (χ0v) is 13.5. The molecule has 0 atom stereocenters. The number of nitrogens with zero attached hydrogens (tertiary/aromatic N) is 1. The summed E-state index contributed by atoms with van der Waals surface area (Å²) in [5, 5.41) is 3.64. The van der Waals surface area contributed by atoms with Crippen LogP contribution in [0.15, 0.2) is 48.8 Å². The van der Waals surface area contributed by atoms with Crippen LogP contribution in [0.25, 0.3) is 11.0 Å². The average Bonchev–Trinajstić information content (AvgIpc) is 3.37. The van der Waals surface area contributed by atoms with Crippen LogP contribution >= 0.6 is 0 Å². The van der Waals surface area contributed by atoms with Crippen molar-refractivity contribution in [2.45, 2.75) is 19.4 Å². The number of amides is 1. The minimum atomic E-state index is -0.421. The summed E-state index contributed by atoms with van der Waals surface area (Å²) in [6.45, 7) is 0.0915. The number of hydrogen-bond donors (Lipinski definition) is 2. The Balaban J connectivity index is 1.48. The first kappa shape index (κ1) is 15.4. The Morgan fingerprint density at radius 2 is 2.04 bits per heavy atom. The molecule has 2 aromatic heterocycles. The summed E-state index contributed by atoms with van der Waals surface area (Å²) in [6, 6.07) is 10.8. The van der Waals surface area contributed by atoms with Crippen molar-refractivity contribution in [2.24, 2.45) is 5.92 Å². The van der Waals surface area contributed by atoms with Gasteiger partial charge in [0.25, 0.3) is 0 Å². The molecule has 126 valence electrons. The molecule has 0 radical (unpaired) electrons. The van der Waals surface area contributed by atoms with Gasteiger partial charge in [0.15, 0.2) is 0 Å². The smallest absolute Gasteiger partial charge is 0.339 e. The van der Waals surface area contributed by atoms with E-state index < -0.39 is 5.97 Å². The van der Waals surface area contributed by atoms with E-state index in [0.29, 0.717) is 16.9 Å². The molecule has 0 bridgehead atoms. The Labute approximate surface area is 144 Å². The van der Waals surface area contributed by atoms with E-state index in [2.05, 4.69) is 15.3 Å². The molecular weight excluding hydrogens is 318 g/mol. The van der Waals surface area contributed by atoms with Crippen LogP contribution in [0.2, 0.25) is 0 Å². The molecule has 1 amide bonds. The van der Waals surface area contributed by atoms with Gasteiger partial charge in [-0.05, 0) is 31.0 Å². The molecule has 6 nitrogen and oxygen atoms in total. The number of carbonyl (C=O) groups excluding carboxylic acids is 2. The van der Waals surface area contributed by atoms with Crippen molar-refractivity contribution in [1.82, 2.24) is 9.97 Å². The van der Waals surface area contributed by atoms with Gasteiger partial charge >= 0.3 is 5.97 Å². The molecule has 6 heteroatoms. The minimum absolute atomic E-state index is 0.0296. The van der Waals surface area contributed by atoms with Crippen LogP contribution in [-0.4, -0.2) is 21.8 Å². The second-order valence-electron chi connectivity index (χ2n) is 6.10. The summed E-state index contributed by atoms with van der Waals surface area (Å²) in [4.78, 5) is 31.5. The number of anilines is 1. The van der Waals surface area contributed by atoms with Crippen LogP contribution in [0.1, 0.15) is 28.8 Å². The Morgan fingerprint density at radius 1 is 1.20 bits per heavy atom. The number of esters is 1. The summed E-state index contributed by atoms with van der Waals surface area (Å²) in [5.41, 5.74) is 2.57. The number of para-hydroxylation sites is 1. The number of fused-ring (bicyclic) bond motifs is 1. The number of ether oxygens (including phenoxy) is 1. The van der Waals surface area contributed by atoms with E-state index in [1.54, 1.807) is 24.5 Å². The lowest BCUT2D eigenvalue weighted by Crippen LogP contribution is -2.15. The van der Waals surface area contributed by atoms with Gasteiger partial charge in [-0.3, -0.25) is 4.79 Å². The van der Waals surface area contributed by atoms with Crippen LogP contribution < -0.4 is 5.32 Å². The number of pyridine rings is 1. The first-order chi connectivity index (χ1) is 12.2. The van der Waals surface area contributed by atoms with Crippen LogP contribution in [0.4, 0.5) is 5.69 Å². The van der Waals surface area contributed by atoms with Gasteiger partial charge in [0, 0.05) is 34.9 Å². The molecule has 1 aliphatic carbocycles. The number of aromatic amines is 1.